The fraction of sp³-hybridized carbons (Fsp3) is 0.0625. The molecule has 0 saturated carbocycles. The van der Waals surface area contributed by atoms with Crippen molar-refractivity contribution in [2.24, 2.45) is 0 Å². The molecule has 5 heteroatoms. The van der Waals surface area contributed by atoms with Crippen LogP contribution in [0.2, 0.25) is 0 Å². The molecule has 0 atom stereocenters. The van der Waals surface area contributed by atoms with Gasteiger partial charge in [-0.2, -0.15) is 0 Å². The van der Waals surface area contributed by atoms with Crippen molar-refractivity contribution in [2.75, 3.05) is 5.32 Å². The molecule has 0 unspecified atom stereocenters. The van der Waals surface area contributed by atoms with Crippen molar-refractivity contribution < 1.29 is 9.21 Å². The highest BCUT2D eigenvalue weighted by Gasteiger charge is 2.09. The van der Waals surface area contributed by atoms with Gasteiger partial charge in [-0.15, -0.1) is 10.2 Å². The number of carbonyl (C=O) groups excluding carboxylic acids is 1. The van der Waals surface area contributed by atoms with Crippen LogP contribution in [-0.4, -0.2) is 16.1 Å². The van der Waals surface area contributed by atoms with Gasteiger partial charge in [-0.1, -0.05) is 24.3 Å². The van der Waals surface area contributed by atoms with Gasteiger partial charge < -0.3 is 9.73 Å². The van der Waals surface area contributed by atoms with Gasteiger partial charge in [0.15, 0.2) is 0 Å². The van der Waals surface area contributed by atoms with Crippen LogP contribution >= 0.6 is 0 Å². The Bertz CT molecular complexity index is 766. The molecule has 0 spiro atoms. The second-order valence-corrected chi connectivity index (χ2v) is 4.53. The summed E-state index contributed by atoms with van der Waals surface area (Å²) < 4.78 is 5.38. The Hall–Kier alpha value is -2.95. The number of aromatic nitrogens is 2. The van der Waals surface area contributed by atoms with Crippen LogP contribution in [0.3, 0.4) is 0 Å². The molecule has 3 rings (SSSR count). The summed E-state index contributed by atoms with van der Waals surface area (Å²) in [7, 11) is 0. The average Bonchev–Trinajstić information content (AvgIpc) is 2.95. The van der Waals surface area contributed by atoms with Gasteiger partial charge in [0.2, 0.25) is 11.8 Å². The van der Waals surface area contributed by atoms with Gasteiger partial charge in [0.1, 0.15) is 0 Å². The highest BCUT2D eigenvalue weighted by Crippen LogP contribution is 2.21. The van der Waals surface area contributed by atoms with Crippen LogP contribution in [0.5, 0.6) is 0 Å². The minimum Gasteiger partial charge on any atom is -0.421 e. The van der Waals surface area contributed by atoms with Crippen molar-refractivity contribution in [3.05, 3.63) is 66.1 Å². The van der Waals surface area contributed by atoms with E-state index in [0.29, 0.717) is 23.0 Å². The van der Waals surface area contributed by atoms with Crippen molar-refractivity contribution >= 4 is 11.6 Å². The molecule has 1 amide bonds. The van der Waals surface area contributed by atoms with Crippen LogP contribution < -0.4 is 5.32 Å². The largest absolute Gasteiger partial charge is 0.421 e. The highest BCUT2D eigenvalue weighted by atomic mass is 16.4. The van der Waals surface area contributed by atoms with E-state index in [1.54, 1.807) is 25.1 Å². The summed E-state index contributed by atoms with van der Waals surface area (Å²) in [6.45, 7) is 1.73. The first-order valence-electron chi connectivity index (χ1n) is 6.49. The fourth-order valence-electron chi connectivity index (χ4n) is 1.94. The lowest BCUT2D eigenvalue weighted by Crippen LogP contribution is -2.11. The van der Waals surface area contributed by atoms with E-state index in [1.807, 2.05) is 36.4 Å². The van der Waals surface area contributed by atoms with Crippen molar-refractivity contribution in [3.8, 4) is 11.5 Å². The molecule has 3 aromatic rings. The van der Waals surface area contributed by atoms with E-state index in [-0.39, 0.29) is 5.91 Å². The van der Waals surface area contributed by atoms with Crippen LogP contribution in [0.25, 0.3) is 11.5 Å². The van der Waals surface area contributed by atoms with Gasteiger partial charge in [-0.25, -0.2) is 0 Å². The second kappa shape index (κ2) is 5.58. The topological polar surface area (TPSA) is 68.0 Å². The van der Waals surface area contributed by atoms with E-state index >= 15 is 0 Å². The summed E-state index contributed by atoms with van der Waals surface area (Å²) >= 11 is 0. The maximum Gasteiger partial charge on any atom is 0.255 e. The molecule has 1 N–H and O–H groups in total. The Morgan fingerprint density at radius 3 is 2.57 bits per heavy atom. The van der Waals surface area contributed by atoms with E-state index in [9.17, 15) is 4.79 Å². The van der Waals surface area contributed by atoms with E-state index < -0.39 is 0 Å². The quantitative estimate of drug-likeness (QED) is 0.798. The van der Waals surface area contributed by atoms with Crippen molar-refractivity contribution in [1.82, 2.24) is 10.2 Å². The van der Waals surface area contributed by atoms with Crippen LogP contribution in [0.15, 0.2) is 59.0 Å². The third-order valence-corrected chi connectivity index (χ3v) is 2.93. The highest BCUT2D eigenvalue weighted by molar-refractivity contribution is 6.04. The lowest BCUT2D eigenvalue weighted by molar-refractivity contribution is 0.102. The number of nitrogens with zero attached hydrogens (tertiary/aromatic N) is 2. The molecule has 5 nitrogen and oxygen atoms in total. The zero-order chi connectivity index (χ0) is 14.7. The number of hydrogen-bond acceptors (Lipinski definition) is 4. The summed E-state index contributed by atoms with van der Waals surface area (Å²) in [6.07, 6.45) is 0. The fourth-order valence-corrected chi connectivity index (χ4v) is 1.94. The molecule has 0 radical (unpaired) electrons. The Labute approximate surface area is 121 Å². The number of anilines is 1. The number of carbonyl (C=O) groups is 1. The van der Waals surface area contributed by atoms with Crippen molar-refractivity contribution in [2.45, 2.75) is 6.92 Å². The SMILES string of the molecule is Cc1nnc(-c2cccc(NC(=O)c3ccccc3)c2)o1. The number of amides is 1. The third-order valence-electron chi connectivity index (χ3n) is 2.93. The molecule has 1 heterocycles. The number of benzene rings is 2. The molecule has 104 valence electrons. The first-order valence-corrected chi connectivity index (χ1v) is 6.49. The van der Waals surface area contributed by atoms with Crippen molar-refractivity contribution in [3.63, 3.8) is 0 Å². The van der Waals surface area contributed by atoms with Gasteiger partial charge in [-0.05, 0) is 30.3 Å². The molecule has 2 aromatic carbocycles. The summed E-state index contributed by atoms with van der Waals surface area (Å²) in [6, 6.07) is 16.3. The number of rotatable bonds is 3. The zero-order valence-electron chi connectivity index (χ0n) is 11.4. The van der Waals surface area contributed by atoms with Gasteiger partial charge >= 0.3 is 0 Å². The van der Waals surface area contributed by atoms with Gasteiger partial charge in [0.05, 0.1) is 0 Å². The summed E-state index contributed by atoms with van der Waals surface area (Å²) in [4.78, 5) is 12.1. The summed E-state index contributed by atoms with van der Waals surface area (Å²) in [5, 5.41) is 10.6. The molecule has 1 aromatic heterocycles. The van der Waals surface area contributed by atoms with Crippen LogP contribution in [-0.2, 0) is 0 Å². The summed E-state index contributed by atoms with van der Waals surface area (Å²) in [5.41, 5.74) is 2.05. The third kappa shape index (κ3) is 2.97. The minimum absolute atomic E-state index is 0.158. The molecule has 0 bridgehead atoms. The maximum atomic E-state index is 12.1. The molecule has 0 aliphatic rings. The van der Waals surface area contributed by atoms with Crippen LogP contribution in [0.1, 0.15) is 16.2 Å². The Morgan fingerprint density at radius 1 is 1.05 bits per heavy atom. The normalized spacial score (nSPS) is 10.3. The first kappa shape index (κ1) is 13.1. The van der Waals surface area contributed by atoms with E-state index in [4.69, 9.17) is 4.42 Å². The average molecular weight is 279 g/mol. The van der Waals surface area contributed by atoms with Crippen LogP contribution in [0.4, 0.5) is 5.69 Å². The first-order chi connectivity index (χ1) is 10.2. The van der Waals surface area contributed by atoms with E-state index in [2.05, 4.69) is 15.5 Å². The Kier molecular flexibility index (Phi) is 3.47. The Balaban J connectivity index is 1.82. The predicted molar refractivity (Wildman–Crippen MR) is 78.9 cm³/mol. The van der Waals surface area contributed by atoms with Crippen LogP contribution in [0, 0.1) is 6.92 Å². The second-order valence-electron chi connectivity index (χ2n) is 4.53. The number of hydrogen-bond donors (Lipinski definition) is 1. The number of aryl methyl sites for hydroxylation is 1. The Morgan fingerprint density at radius 2 is 1.86 bits per heavy atom. The van der Waals surface area contributed by atoms with Crippen molar-refractivity contribution in [1.29, 1.82) is 0 Å². The lowest BCUT2D eigenvalue weighted by Gasteiger charge is -2.06. The van der Waals surface area contributed by atoms with E-state index in [1.165, 1.54) is 0 Å². The standard InChI is InChI=1S/C16H13N3O2/c1-11-18-19-16(21-11)13-8-5-9-14(10-13)17-15(20)12-6-3-2-4-7-12/h2-10H,1H3,(H,17,20). The molecule has 21 heavy (non-hydrogen) atoms. The predicted octanol–water partition coefficient (Wildman–Crippen LogP) is 3.30. The monoisotopic (exact) mass is 279 g/mol. The summed E-state index contributed by atoms with van der Waals surface area (Å²) in [5.74, 6) is 0.779. The van der Waals surface area contributed by atoms with Gasteiger partial charge in [0.25, 0.3) is 5.91 Å². The van der Waals surface area contributed by atoms with Gasteiger partial charge in [0, 0.05) is 23.7 Å². The lowest BCUT2D eigenvalue weighted by atomic mass is 10.1. The minimum atomic E-state index is -0.158. The smallest absolute Gasteiger partial charge is 0.255 e. The molecular formula is C16H13N3O2. The number of nitrogens with one attached hydrogen (secondary N) is 1. The molecular weight excluding hydrogens is 266 g/mol. The maximum absolute atomic E-state index is 12.1. The zero-order valence-corrected chi connectivity index (χ0v) is 11.4. The van der Waals surface area contributed by atoms with Gasteiger partial charge in [-0.3, -0.25) is 4.79 Å². The van der Waals surface area contributed by atoms with E-state index in [0.717, 1.165) is 5.56 Å². The molecule has 0 aliphatic carbocycles. The molecule has 0 aliphatic heterocycles. The molecule has 0 fully saturated rings. The molecule has 0 saturated heterocycles.